The number of carbonyl (C=O) groups is 1. The van der Waals surface area contributed by atoms with Crippen molar-refractivity contribution >= 4 is 5.91 Å². The maximum Gasteiger partial charge on any atom is 0.254 e. The van der Waals surface area contributed by atoms with Gasteiger partial charge >= 0.3 is 0 Å². The highest BCUT2D eigenvalue weighted by atomic mass is 19.1. The van der Waals surface area contributed by atoms with Gasteiger partial charge in [0.1, 0.15) is 5.82 Å². The van der Waals surface area contributed by atoms with Crippen molar-refractivity contribution in [2.24, 2.45) is 0 Å². The second-order valence-electron chi connectivity index (χ2n) is 6.10. The van der Waals surface area contributed by atoms with Crippen LogP contribution in [0.1, 0.15) is 35.4 Å². The number of hydrogen-bond acceptors (Lipinski definition) is 4. The zero-order valence-corrected chi connectivity index (χ0v) is 14.8. The first-order valence-corrected chi connectivity index (χ1v) is 8.49. The van der Waals surface area contributed by atoms with Crippen molar-refractivity contribution in [2.75, 3.05) is 7.05 Å². The predicted octanol–water partition coefficient (Wildman–Crippen LogP) is 4.10. The number of aromatic nitrogens is 2. The number of hydrogen-bond donors (Lipinski definition) is 0. The molecule has 0 N–H and O–H groups in total. The SMILES string of the molecule is CCCc1noc(CN(C)C(=O)c2cccc(-c3ccc(F)cc3)c2)n1. The fourth-order valence-corrected chi connectivity index (χ4v) is 2.65. The highest BCUT2D eigenvalue weighted by Crippen LogP contribution is 2.21. The first-order chi connectivity index (χ1) is 12.6. The summed E-state index contributed by atoms with van der Waals surface area (Å²) >= 11 is 0. The molecular weight excluding hydrogens is 333 g/mol. The standard InChI is InChI=1S/C20H20FN3O2/c1-3-5-18-22-19(26-23-18)13-24(2)20(25)16-7-4-6-15(12-16)14-8-10-17(21)11-9-14/h4,6-12H,3,5,13H2,1-2H3. The molecule has 3 aromatic rings. The molecule has 2 aromatic carbocycles. The quantitative estimate of drug-likeness (QED) is 0.669. The lowest BCUT2D eigenvalue weighted by atomic mass is 10.0. The number of amides is 1. The molecule has 0 aliphatic carbocycles. The summed E-state index contributed by atoms with van der Waals surface area (Å²) in [5.41, 5.74) is 2.25. The minimum absolute atomic E-state index is 0.149. The lowest BCUT2D eigenvalue weighted by molar-refractivity contribution is 0.0769. The molecule has 0 aliphatic rings. The zero-order valence-electron chi connectivity index (χ0n) is 14.8. The van der Waals surface area contributed by atoms with E-state index in [2.05, 4.69) is 10.1 Å². The Hall–Kier alpha value is -3.02. The van der Waals surface area contributed by atoms with E-state index in [9.17, 15) is 9.18 Å². The Kier molecular flexibility index (Phi) is 5.41. The summed E-state index contributed by atoms with van der Waals surface area (Å²) in [6.45, 7) is 2.29. The Morgan fingerprint density at radius 2 is 1.92 bits per heavy atom. The molecule has 0 unspecified atom stereocenters. The van der Waals surface area contributed by atoms with Crippen LogP contribution in [0, 0.1) is 5.82 Å². The number of rotatable bonds is 6. The van der Waals surface area contributed by atoms with Crippen LogP contribution in [0.5, 0.6) is 0 Å². The van der Waals surface area contributed by atoms with Gasteiger partial charge in [0.15, 0.2) is 5.82 Å². The Morgan fingerprint density at radius 3 is 2.65 bits per heavy atom. The normalized spacial score (nSPS) is 10.7. The van der Waals surface area contributed by atoms with Crippen molar-refractivity contribution in [3.63, 3.8) is 0 Å². The second-order valence-corrected chi connectivity index (χ2v) is 6.10. The topological polar surface area (TPSA) is 59.2 Å². The first kappa shape index (κ1) is 17.8. The van der Waals surface area contributed by atoms with Gasteiger partial charge < -0.3 is 9.42 Å². The van der Waals surface area contributed by atoms with E-state index < -0.39 is 0 Å². The van der Waals surface area contributed by atoms with Crippen LogP contribution in [0.4, 0.5) is 4.39 Å². The van der Waals surface area contributed by atoms with E-state index in [0.717, 1.165) is 24.0 Å². The van der Waals surface area contributed by atoms with Crippen LogP contribution in [0.2, 0.25) is 0 Å². The van der Waals surface area contributed by atoms with Gasteiger partial charge in [-0.3, -0.25) is 4.79 Å². The molecule has 0 saturated heterocycles. The van der Waals surface area contributed by atoms with Crippen LogP contribution in [0.25, 0.3) is 11.1 Å². The molecule has 3 rings (SSSR count). The predicted molar refractivity (Wildman–Crippen MR) is 95.9 cm³/mol. The van der Waals surface area contributed by atoms with Gasteiger partial charge in [0.2, 0.25) is 5.89 Å². The van der Waals surface area contributed by atoms with Crippen LogP contribution < -0.4 is 0 Å². The molecule has 1 heterocycles. The van der Waals surface area contributed by atoms with Gasteiger partial charge in [-0.25, -0.2) is 4.39 Å². The largest absolute Gasteiger partial charge is 0.337 e. The van der Waals surface area contributed by atoms with Gasteiger partial charge in [0.05, 0.1) is 6.54 Å². The summed E-state index contributed by atoms with van der Waals surface area (Å²) in [4.78, 5) is 18.5. The molecule has 0 spiro atoms. The van der Waals surface area contributed by atoms with Gasteiger partial charge in [-0.05, 0) is 41.8 Å². The van der Waals surface area contributed by atoms with Crippen LogP contribution in [0.15, 0.2) is 53.1 Å². The number of halogens is 1. The van der Waals surface area contributed by atoms with Crippen molar-refractivity contribution in [2.45, 2.75) is 26.3 Å². The highest BCUT2D eigenvalue weighted by Gasteiger charge is 2.16. The molecule has 6 heteroatoms. The number of aryl methyl sites for hydroxylation is 1. The van der Waals surface area contributed by atoms with E-state index in [1.54, 1.807) is 31.3 Å². The number of benzene rings is 2. The maximum atomic E-state index is 13.1. The summed E-state index contributed by atoms with van der Waals surface area (Å²) in [7, 11) is 1.69. The van der Waals surface area contributed by atoms with E-state index in [1.165, 1.54) is 17.0 Å². The average Bonchev–Trinajstić information content (AvgIpc) is 3.09. The van der Waals surface area contributed by atoms with Crippen molar-refractivity contribution in [3.8, 4) is 11.1 Å². The van der Waals surface area contributed by atoms with Crippen LogP contribution in [-0.4, -0.2) is 28.0 Å². The fourth-order valence-electron chi connectivity index (χ4n) is 2.65. The Balaban J connectivity index is 1.74. The molecule has 0 saturated carbocycles. The zero-order chi connectivity index (χ0) is 18.5. The summed E-state index contributed by atoms with van der Waals surface area (Å²) in [5.74, 6) is 0.632. The number of nitrogens with zero attached hydrogens (tertiary/aromatic N) is 3. The van der Waals surface area contributed by atoms with Crippen LogP contribution in [0.3, 0.4) is 0 Å². The van der Waals surface area contributed by atoms with Gasteiger partial charge in [0.25, 0.3) is 5.91 Å². The summed E-state index contributed by atoms with van der Waals surface area (Å²) in [5, 5.41) is 3.90. The minimum atomic E-state index is -0.289. The maximum absolute atomic E-state index is 13.1. The molecule has 0 aliphatic heterocycles. The fraction of sp³-hybridized carbons (Fsp3) is 0.250. The Labute approximate surface area is 151 Å². The van der Waals surface area contributed by atoms with E-state index in [1.807, 2.05) is 19.1 Å². The molecule has 1 aromatic heterocycles. The third-order valence-corrected chi connectivity index (χ3v) is 3.99. The van der Waals surface area contributed by atoms with E-state index in [0.29, 0.717) is 17.3 Å². The molecule has 5 nitrogen and oxygen atoms in total. The smallest absolute Gasteiger partial charge is 0.254 e. The molecule has 0 atom stereocenters. The average molecular weight is 353 g/mol. The Morgan fingerprint density at radius 1 is 1.15 bits per heavy atom. The van der Waals surface area contributed by atoms with Crippen LogP contribution >= 0.6 is 0 Å². The van der Waals surface area contributed by atoms with Gasteiger partial charge in [-0.1, -0.05) is 36.3 Å². The summed E-state index contributed by atoms with van der Waals surface area (Å²) < 4.78 is 18.3. The molecule has 1 amide bonds. The van der Waals surface area contributed by atoms with Gasteiger partial charge in [-0.15, -0.1) is 0 Å². The molecule has 0 radical (unpaired) electrons. The molecule has 26 heavy (non-hydrogen) atoms. The molecule has 0 fully saturated rings. The third kappa shape index (κ3) is 4.14. The summed E-state index contributed by atoms with van der Waals surface area (Å²) in [6.07, 6.45) is 1.69. The van der Waals surface area contributed by atoms with Crippen molar-refractivity contribution < 1.29 is 13.7 Å². The first-order valence-electron chi connectivity index (χ1n) is 8.49. The highest BCUT2D eigenvalue weighted by molar-refractivity contribution is 5.95. The van der Waals surface area contributed by atoms with E-state index in [4.69, 9.17) is 4.52 Å². The van der Waals surface area contributed by atoms with E-state index >= 15 is 0 Å². The monoisotopic (exact) mass is 353 g/mol. The minimum Gasteiger partial charge on any atom is -0.337 e. The van der Waals surface area contributed by atoms with Crippen LogP contribution in [-0.2, 0) is 13.0 Å². The molecule has 0 bridgehead atoms. The number of carbonyl (C=O) groups excluding carboxylic acids is 1. The molecular formula is C20H20FN3O2. The lowest BCUT2D eigenvalue weighted by Crippen LogP contribution is -2.26. The lowest BCUT2D eigenvalue weighted by Gasteiger charge is -2.15. The van der Waals surface area contributed by atoms with Crippen molar-refractivity contribution in [3.05, 3.63) is 71.6 Å². The van der Waals surface area contributed by atoms with Crippen molar-refractivity contribution in [1.29, 1.82) is 0 Å². The van der Waals surface area contributed by atoms with Gasteiger partial charge in [-0.2, -0.15) is 4.98 Å². The summed E-state index contributed by atoms with van der Waals surface area (Å²) in [6, 6.07) is 13.4. The third-order valence-electron chi connectivity index (χ3n) is 3.99. The van der Waals surface area contributed by atoms with Gasteiger partial charge in [0, 0.05) is 19.0 Å². The second kappa shape index (κ2) is 7.91. The van der Waals surface area contributed by atoms with Crippen molar-refractivity contribution in [1.82, 2.24) is 15.0 Å². The molecule has 134 valence electrons. The Bertz CT molecular complexity index is 890. The van der Waals surface area contributed by atoms with E-state index in [-0.39, 0.29) is 18.3 Å².